The van der Waals surface area contributed by atoms with Gasteiger partial charge in [-0.1, -0.05) is 42.7 Å². The summed E-state index contributed by atoms with van der Waals surface area (Å²) in [6, 6.07) is 9.42. The lowest BCUT2D eigenvalue weighted by molar-refractivity contribution is -0.133. The molecule has 1 aromatic carbocycles. The maximum absolute atomic E-state index is 12.9. The van der Waals surface area contributed by atoms with Crippen LogP contribution < -0.4 is 0 Å². The van der Waals surface area contributed by atoms with Crippen LogP contribution in [0.5, 0.6) is 0 Å². The first kappa shape index (κ1) is 15.8. The van der Waals surface area contributed by atoms with Crippen LogP contribution in [-0.2, 0) is 11.2 Å². The predicted molar refractivity (Wildman–Crippen MR) is 98.1 cm³/mol. The van der Waals surface area contributed by atoms with Gasteiger partial charge in [0.15, 0.2) is 0 Å². The highest BCUT2D eigenvalue weighted by molar-refractivity contribution is 7.13. The van der Waals surface area contributed by atoms with Gasteiger partial charge in [-0.05, 0) is 32.6 Å². The highest BCUT2D eigenvalue weighted by Gasteiger charge is 2.38. The van der Waals surface area contributed by atoms with Crippen LogP contribution in [0.15, 0.2) is 29.6 Å². The van der Waals surface area contributed by atoms with Crippen molar-refractivity contribution < 1.29 is 4.79 Å². The third-order valence-electron chi connectivity index (χ3n) is 5.13. The Kier molecular flexibility index (Phi) is 4.40. The van der Waals surface area contributed by atoms with Gasteiger partial charge < -0.3 is 4.90 Å². The third kappa shape index (κ3) is 3.39. The van der Waals surface area contributed by atoms with Crippen LogP contribution in [0.25, 0.3) is 10.6 Å². The number of aromatic nitrogens is 1. The number of nitrogens with zero attached hydrogens (tertiary/aromatic N) is 2. The van der Waals surface area contributed by atoms with Crippen LogP contribution in [0.3, 0.4) is 0 Å². The SMILES string of the molecule is Cc1ccc(-c2nc(CC(=O)N(C3CCCC3)C3CC3)cs2)cc1. The maximum atomic E-state index is 12.9. The molecule has 0 unspecified atom stereocenters. The summed E-state index contributed by atoms with van der Waals surface area (Å²) in [4.78, 5) is 19.8. The van der Waals surface area contributed by atoms with E-state index in [0.717, 1.165) is 16.3 Å². The van der Waals surface area contributed by atoms with Crippen LogP contribution in [-0.4, -0.2) is 27.9 Å². The van der Waals surface area contributed by atoms with E-state index in [1.54, 1.807) is 11.3 Å². The fourth-order valence-electron chi connectivity index (χ4n) is 3.70. The largest absolute Gasteiger partial charge is 0.336 e. The normalized spacial score (nSPS) is 18.0. The minimum absolute atomic E-state index is 0.283. The second kappa shape index (κ2) is 6.67. The molecule has 0 spiro atoms. The lowest BCUT2D eigenvalue weighted by atomic mass is 10.1. The van der Waals surface area contributed by atoms with E-state index in [1.807, 2.05) is 5.38 Å². The number of carbonyl (C=O) groups is 1. The number of rotatable bonds is 5. The number of amides is 1. The molecule has 0 saturated heterocycles. The van der Waals surface area contributed by atoms with Crippen molar-refractivity contribution in [3.63, 3.8) is 0 Å². The highest BCUT2D eigenvalue weighted by Crippen LogP contribution is 2.35. The fourth-order valence-corrected chi connectivity index (χ4v) is 4.53. The van der Waals surface area contributed by atoms with E-state index in [-0.39, 0.29) is 5.91 Å². The van der Waals surface area contributed by atoms with Gasteiger partial charge in [-0.3, -0.25) is 4.79 Å². The van der Waals surface area contributed by atoms with Gasteiger partial charge in [0.25, 0.3) is 0 Å². The summed E-state index contributed by atoms with van der Waals surface area (Å²) in [5.74, 6) is 0.283. The van der Waals surface area contributed by atoms with Crippen molar-refractivity contribution >= 4 is 17.2 Å². The third-order valence-corrected chi connectivity index (χ3v) is 6.07. The molecule has 2 aliphatic carbocycles. The fraction of sp³-hybridized carbons (Fsp3) is 0.500. The molecule has 2 saturated carbocycles. The zero-order chi connectivity index (χ0) is 16.5. The first-order chi connectivity index (χ1) is 11.7. The van der Waals surface area contributed by atoms with E-state index in [2.05, 4.69) is 36.1 Å². The molecule has 4 heteroatoms. The van der Waals surface area contributed by atoms with Gasteiger partial charge in [0.1, 0.15) is 5.01 Å². The molecular weight excluding hydrogens is 316 g/mol. The average Bonchev–Trinajstić information content (AvgIpc) is 3.06. The number of thiazole rings is 1. The zero-order valence-electron chi connectivity index (χ0n) is 14.2. The second-order valence-electron chi connectivity index (χ2n) is 7.16. The maximum Gasteiger partial charge on any atom is 0.229 e. The number of aryl methyl sites for hydroxylation is 1. The number of hydrogen-bond acceptors (Lipinski definition) is 3. The summed E-state index contributed by atoms with van der Waals surface area (Å²) in [5, 5.41) is 3.06. The summed E-state index contributed by atoms with van der Waals surface area (Å²) in [5.41, 5.74) is 3.31. The molecular formula is C20H24N2OS. The lowest BCUT2D eigenvalue weighted by Gasteiger charge is -2.29. The van der Waals surface area contributed by atoms with E-state index >= 15 is 0 Å². The monoisotopic (exact) mass is 340 g/mol. The van der Waals surface area contributed by atoms with Crippen LogP contribution in [0, 0.1) is 6.92 Å². The smallest absolute Gasteiger partial charge is 0.229 e. The molecule has 24 heavy (non-hydrogen) atoms. The van der Waals surface area contributed by atoms with Crippen molar-refractivity contribution in [3.05, 3.63) is 40.9 Å². The number of carbonyl (C=O) groups excluding carboxylic acids is 1. The van der Waals surface area contributed by atoms with E-state index in [1.165, 1.54) is 44.1 Å². The standard InChI is InChI=1S/C20H24N2OS/c1-14-6-8-15(9-7-14)20-21-16(13-24-20)12-19(23)22(18-10-11-18)17-4-2-3-5-17/h6-9,13,17-18H,2-5,10-12H2,1H3. The van der Waals surface area contributed by atoms with Crippen LogP contribution in [0.2, 0.25) is 0 Å². The topological polar surface area (TPSA) is 33.2 Å². The quantitative estimate of drug-likeness (QED) is 0.797. The molecule has 0 radical (unpaired) electrons. The molecule has 1 amide bonds. The van der Waals surface area contributed by atoms with E-state index < -0.39 is 0 Å². The molecule has 0 atom stereocenters. The Morgan fingerprint density at radius 1 is 1.12 bits per heavy atom. The van der Waals surface area contributed by atoms with Crippen molar-refractivity contribution in [2.24, 2.45) is 0 Å². The van der Waals surface area contributed by atoms with Gasteiger partial charge in [-0.15, -0.1) is 11.3 Å². The van der Waals surface area contributed by atoms with E-state index in [4.69, 9.17) is 4.98 Å². The molecule has 0 bridgehead atoms. The lowest BCUT2D eigenvalue weighted by Crippen LogP contribution is -2.41. The van der Waals surface area contributed by atoms with Crippen molar-refractivity contribution in [1.29, 1.82) is 0 Å². The Morgan fingerprint density at radius 3 is 2.46 bits per heavy atom. The molecule has 1 aromatic heterocycles. The molecule has 2 aromatic rings. The highest BCUT2D eigenvalue weighted by atomic mass is 32.1. The second-order valence-corrected chi connectivity index (χ2v) is 8.02. The molecule has 0 N–H and O–H groups in total. The van der Waals surface area contributed by atoms with Gasteiger partial charge >= 0.3 is 0 Å². The molecule has 3 nitrogen and oxygen atoms in total. The van der Waals surface area contributed by atoms with Gasteiger partial charge in [0.05, 0.1) is 12.1 Å². The van der Waals surface area contributed by atoms with Crippen molar-refractivity contribution in [3.8, 4) is 10.6 Å². The molecule has 2 fully saturated rings. The molecule has 1 heterocycles. The summed E-state index contributed by atoms with van der Waals surface area (Å²) in [6.45, 7) is 2.09. The first-order valence-electron chi connectivity index (χ1n) is 9.03. The van der Waals surface area contributed by atoms with Gasteiger partial charge in [0.2, 0.25) is 5.91 Å². The van der Waals surface area contributed by atoms with Crippen molar-refractivity contribution in [2.75, 3.05) is 0 Å². The Hall–Kier alpha value is -1.68. The summed E-state index contributed by atoms with van der Waals surface area (Å²) < 4.78 is 0. The molecule has 126 valence electrons. The van der Waals surface area contributed by atoms with Crippen LogP contribution in [0.1, 0.15) is 49.8 Å². The van der Waals surface area contributed by atoms with Gasteiger partial charge in [0, 0.05) is 23.0 Å². The summed E-state index contributed by atoms with van der Waals surface area (Å²) in [6.07, 6.45) is 7.75. The van der Waals surface area contributed by atoms with Crippen LogP contribution in [0.4, 0.5) is 0 Å². The van der Waals surface area contributed by atoms with E-state index in [0.29, 0.717) is 18.5 Å². The molecule has 0 aliphatic heterocycles. The van der Waals surface area contributed by atoms with Gasteiger partial charge in [-0.25, -0.2) is 4.98 Å². The van der Waals surface area contributed by atoms with Gasteiger partial charge in [-0.2, -0.15) is 0 Å². The van der Waals surface area contributed by atoms with E-state index in [9.17, 15) is 4.79 Å². The zero-order valence-corrected chi connectivity index (χ0v) is 15.0. The Morgan fingerprint density at radius 2 is 1.79 bits per heavy atom. The molecule has 2 aliphatic rings. The minimum atomic E-state index is 0.283. The Labute approximate surface area is 147 Å². The van der Waals surface area contributed by atoms with Crippen molar-refractivity contribution in [1.82, 2.24) is 9.88 Å². The van der Waals surface area contributed by atoms with Crippen molar-refractivity contribution in [2.45, 2.75) is 64.0 Å². The Bertz CT molecular complexity index is 711. The minimum Gasteiger partial charge on any atom is -0.336 e. The molecule has 4 rings (SSSR count). The Balaban J connectivity index is 1.46. The predicted octanol–water partition coefficient (Wildman–Crippen LogP) is 4.59. The summed E-state index contributed by atoms with van der Waals surface area (Å²) in [7, 11) is 0. The number of hydrogen-bond donors (Lipinski definition) is 0. The number of benzene rings is 1. The average molecular weight is 340 g/mol. The van der Waals surface area contributed by atoms with Crippen LogP contribution >= 0.6 is 11.3 Å². The summed E-state index contributed by atoms with van der Waals surface area (Å²) >= 11 is 1.64. The first-order valence-corrected chi connectivity index (χ1v) is 9.91.